The Labute approximate surface area is 164 Å². The van der Waals surface area contributed by atoms with Crippen molar-refractivity contribution < 1.29 is 4.79 Å². The first-order valence-corrected chi connectivity index (χ1v) is 10.5. The smallest absolute Gasteiger partial charge is 0.222 e. The van der Waals surface area contributed by atoms with E-state index < -0.39 is 0 Å². The van der Waals surface area contributed by atoms with Gasteiger partial charge in [-0.2, -0.15) is 0 Å². The minimum atomic E-state index is 0.275. The molecule has 2 rings (SSSR count). The van der Waals surface area contributed by atoms with E-state index in [1.54, 1.807) is 0 Å². The zero-order chi connectivity index (χ0) is 19.5. The summed E-state index contributed by atoms with van der Waals surface area (Å²) in [7, 11) is 1.82. The third kappa shape index (κ3) is 7.24. The molecule has 1 amide bonds. The number of benzene rings is 1. The molecule has 1 aliphatic heterocycles. The molecule has 2 N–H and O–H groups in total. The van der Waals surface area contributed by atoms with Gasteiger partial charge in [-0.05, 0) is 29.9 Å². The maximum atomic E-state index is 11.8. The van der Waals surface area contributed by atoms with E-state index in [-0.39, 0.29) is 5.91 Å². The standard InChI is InChI=1S/C22H36N4O/c1-4-6-9-18(5-2)15-24-22(23-3)25-16-19-10-7-11-20(14-19)17-26-13-8-12-21(26)27/h7,10-11,14,18H,4-6,8-9,12-13,15-17H2,1-3H3,(H2,23,24,25). The van der Waals surface area contributed by atoms with Crippen molar-refractivity contribution in [3.8, 4) is 0 Å². The molecule has 1 unspecified atom stereocenters. The molecule has 27 heavy (non-hydrogen) atoms. The number of nitrogens with one attached hydrogen (secondary N) is 2. The molecule has 1 atom stereocenters. The van der Waals surface area contributed by atoms with Gasteiger partial charge in [0, 0.05) is 39.6 Å². The first-order chi connectivity index (χ1) is 13.2. The maximum absolute atomic E-state index is 11.8. The van der Waals surface area contributed by atoms with Crippen LogP contribution in [0.3, 0.4) is 0 Å². The molecule has 1 fully saturated rings. The molecule has 1 aliphatic rings. The van der Waals surface area contributed by atoms with Crippen molar-refractivity contribution in [3.05, 3.63) is 35.4 Å². The van der Waals surface area contributed by atoms with Crippen LogP contribution < -0.4 is 10.6 Å². The van der Waals surface area contributed by atoms with Gasteiger partial charge in [-0.25, -0.2) is 0 Å². The Morgan fingerprint density at radius 1 is 1.26 bits per heavy atom. The number of carbonyl (C=O) groups excluding carboxylic acids is 1. The van der Waals surface area contributed by atoms with Crippen LogP contribution in [0.2, 0.25) is 0 Å². The van der Waals surface area contributed by atoms with Crippen LogP contribution in [0.4, 0.5) is 0 Å². The Morgan fingerprint density at radius 3 is 2.74 bits per heavy atom. The molecule has 0 aromatic heterocycles. The van der Waals surface area contributed by atoms with Crippen LogP contribution in [-0.4, -0.2) is 36.9 Å². The summed E-state index contributed by atoms with van der Waals surface area (Å²) in [5, 5.41) is 6.87. The Kier molecular flexibility index (Phi) is 9.16. The van der Waals surface area contributed by atoms with Gasteiger partial charge in [0.2, 0.25) is 5.91 Å². The van der Waals surface area contributed by atoms with E-state index in [1.165, 1.54) is 36.8 Å². The van der Waals surface area contributed by atoms with Gasteiger partial charge >= 0.3 is 0 Å². The lowest BCUT2D eigenvalue weighted by atomic mass is 9.99. The van der Waals surface area contributed by atoms with Gasteiger partial charge < -0.3 is 15.5 Å². The fourth-order valence-corrected chi connectivity index (χ4v) is 3.52. The van der Waals surface area contributed by atoms with Crippen LogP contribution in [0, 0.1) is 5.92 Å². The van der Waals surface area contributed by atoms with Gasteiger partial charge in [-0.15, -0.1) is 0 Å². The highest BCUT2D eigenvalue weighted by Crippen LogP contribution is 2.15. The highest BCUT2D eigenvalue weighted by molar-refractivity contribution is 5.79. The Morgan fingerprint density at radius 2 is 2.07 bits per heavy atom. The zero-order valence-corrected chi connectivity index (χ0v) is 17.3. The molecule has 1 heterocycles. The SMILES string of the molecule is CCCCC(CC)CNC(=NC)NCc1cccc(CN2CCCC2=O)c1. The first kappa shape index (κ1) is 21.3. The van der Waals surface area contributed by atoms with E-state index in [4.69, 9.17) is 0 Å². The number of guanidine groups is 1. The Hall–Kier alpha value is -2.04. The highest BCUT2D eigenvalue weighted by atomic mass is 16.2. The van der Waals surface area contributed by atoms with Crippen molar-refractivity contribution in [2.45, 2.75) is 65.5 Å². The molecule has 0 saturated carbocycles. The van der Waals surface area contributed by atoms with Crippen molar-refractivity contribution in [3.63, 3.8) is 0 Å². The number of carbonyl (C=O) groups is 1. The molecule has 150 valence electrons. The monoisotopic (exact) mass is 372 g/mol. The third-order valence-electron chi connectivity index (χ3n) is 5.32. The third-order valence-corrected chi connectivity index (χ3v) is 5.32. The normalized spacial score (nSPS) is 15.9. The summed E-state index contributed by atoms with van der Waals surface area (Å²) in [6.45, 7) is 7.80. The molecular weight excluding hydrogens is 336 g/mol. The second kappa shape index (κ2) is 11.6. The van der Waals surface area contributed by atoms with E-state index in [1.807, 2.05) is 11.9 Å². The maximum Gasteiger partial charge on any atom is 0.222 e. The summed E-state index contributed by atoms with van der Waals surface area (Å²) in [6, 6.07) is 8.47. The van der Waals surface area contributed by atoms with Crippen molar-refractivity contribution >= 4 is 11.9 Å². The average molecular weight is 373 g/mol. The fraction of sp³-hybridized carbons (Fsp3) is 0.636. The number of nitrogens with zero attached hydrogens (tertiary/aromatic N) is 2. The predicted octanol–water partition coefficient (Wildman–Crippen LogP) is 3.69. The fourth-order valence-electron chi connectivity index (χ4n) is 3.52. The number of likely N-dealkylation sites (tertiary alicyclic amines) is 1. The summed E-state index contributed by atoms with van der Waals surface area (Å²) >= 11 is 0. The molecule has 1 saturated heterocycles. The van der Waals surface area contributed by atoms with Crippen LogP contribution in [0.15, 0.2) is 29.3 Å². The highest BCUT2D eigenvalue weighted by Gasteiger charge is 2.19. The second-order valence-electron chi connectivity index (χ2n) is 7.46. The summed E-state index contributed by atoms with van der Waals surface area (Å²) in [6.07, 6.45) is 6.69. The van der Waals surface area contributed by atoms with Crippen molar-refractivity contribution in [1.82, 2.24) is 15.5 Å². The molecule has 1 aromatic carbocycles. The number of aliphatic imine (C=N–C) groups is 1. The van der Waals surface area contributed by atoms with Crippen LogP contribution in [0.1, 0.15) is 63.5 Å². The minimum Gasteiger partial charge on any atom is -0.356 e. The van der Waals surface area contributed by atoms with Crippen molar-refractivity contribution in [2.75, 3.05) is 20.1 Å². The lowest BCUT2D eigenvalue weighted by molar-refractivity contribution is -0.128. The van der Waals surface area contributed by atoms with Gasteiger partial charge in [0.1, 0.15) is 0 Å². The number of hydrogen-bond donors (Lipinski definition) is 2. The van der Waals surface area contributed by atoms with Crippen LogP contribution in [0.25, 0.3) is 0 Å². The number of hydrogen-bond acceptors (Lipinski definition) is 2. The topological polar surface area (TPSA) is 56.7 Å². The molecule has 0 spiro atoms. The first-order valence-electron chi connectivity index (χ1n) is 10.5. The van der Waals surface area contributed by atoms with Crippen LogP contribution in [0.5, 0.6) is 0 Å². The van der Waals surface area contributed by atoms with Gasteiger partial charge in [0.05, 0.1) is 0 Å². The minimum absolute atomic E-state index is 0.275. The quantitative estimate of drug-likeness (QED) is 0.486. The summed E-state index contributed by atoms with van der Waals surface area (Å²) in [5.41, 5.74) is 2.40. The van der Waals surface area contributed by atoms with E-state index >= 15 is 0 Å². The Balaban J connectivity index is 1.81. The second-order valence-corrected chi connectivity index (χ2v) is 7.46. The molecule has 0 radical (unpaired) electrons. The predicted molar refractivity (Wildman–Crippen MR) is 113 cm³/mol. The van der Waals surface area contributed by atoms with Gasteiger partial charge in [-0.1, -0.05) is 57.4 Å². The van der Waals surface area contributed by atoms with Crippen molar-refractivity contribution in [2.24, 2.45) is 10.9 Å². The van der Waals surface area contributed by atoms with E-state index in [0.717, 1.165) is 38.6 Å². The van der Waals surface area contributed by atoms with Gasteiger partial charge in [-0.3, -0.25) is 9.79 Å². The molecular formula is C22H36N4O. The zero-order valence-electron chi connectivity index (χ0n) is 17.3. The summed E-state index contributed by atoms with van der Waals surface area (Å²) in [4.78, 5) is 18.1. The molecule has 0 aliphatic carbocycles. The van der Waals surface area contributed by atoms with Crippen LogP contribution in [-0.2, 0) is 17.9 Å². The molecule has 0 bridgehead atoms. The molecule has 5 nitrogen and oxygen atoms in total. The number of unbranched alkanes of at least 4 members (excludes halogenated alkanes) is 1. The number of amides is 1. The van der Waals surface area contributed by atoms with E-state index in [2.05, 4.69) is 53.7 Å². The van der Waals surface area contributed by atoms with Gasteiger partial charge in [0.25, 0.3) is 0 Å². The van der Waals surface area contributed by atoms with Gasteiger partial charge in [0.15, 0.2) is 5.96 Å². The summed E-state index contributed by atoms with van der Waals surface area (Å²) in [5.74, 6) is 1.83. The van der Waals surface area contributed by atoms with Crippen LogP contribution >= 0.6 is 0 Å². The lowest BCUT2D eigenvalue weighted by Crippen LogP contribution is -2.39. The van der Waals surface area contributed by atoms with E-state index in [0.29, 0.717) is 12.3 Å². The number of rotatable bonds is 10. The largest absolute Gasteiger partial charge is 0.356 e. The molecule has 1 aromatic rings. The average Bonchev–Trinajstić information content (AvgIpc) is 3.09. The van der Waals surface area contributed by atoms with Crippen molar-refractivity contribution in [1.29, 1.82) is 0 Å². The molecule has 5 heteroatoms. The Bertz CT molecular complexity index is 614. The van der Waals surface area contributed by atoms with E-state index in [9.17, 15) is 4.79 Å². The summed E-state index contributed by atoms with van der Waals surface area (Å²) < 4.78 is 0. The lowest BCUT2D eigenvalue weighted by Gasteiger charge is -2.18.